The zero-order valence-electron chi connectivity index (χ0n) is 10.7. The molecule has 1 unspecified atom stereocenters. The quantitative estimate of drug-likeness (QED) is 0.114. The fourth-order valence-corrected chi connectivity index (χ4v) is 1.57. The monoisotopic (exact) mass is 260 g/mol. The predicted molar refractivity (Wildman–Crippen MR) is 69.3 cm³/mol. The molecule has 0 aromatic carbocycles. The molecule has 9 N–H and O–H groups in total. The van der Waals surface area contributed by atoms with E-state index in [2.05, 4.69) is 10.1 Å². The van der Waals surface area contributed by atoms with E-state index < -0.39 is 12.0 Å². The Morgan fingerprint density at radius 2 is 1.78 bits per heavy atom. The molecule has 1 atom stereocenters. The molecule has 18 heavy (non-hydrogen) atoms. The molecule has 0 aromatic rings. The van der Waals surface area contributed by atoms with Crippen LogP contribution in [-0.2, 0) is 4.79 Å². The first kappa shape index (κ1) is 16.0. The standard InChI is InChI=1S/C9H21N7O2/c1-16(2,15-9(12)13)6(7(17)18)4-3-5-14-8(10)11/h6H,3-5H2,1-2H3,(H8-,10,11,12,13,14,15,17,18)/p+1. The SMILES string of the molecule is C[N+](C)(N=C(N)N)C(CCCN=C(N)N)C(=O)O. The lowest BCUT2D eigenvalue weighted by Gasteiger charge is -2.28. The minimum absolute atomic E-state index is 0.0140. The van der Waals surface area contributed by atoms with Crippen LogP contribution in [0.25, 0.3) is 0 Å². The van der Waals surface area contributed by atoms with Crippen LogP contribution in [0, 0.1) is 0 Å². The van der Waals surface area contributed by atoms with Gasteiger partial charge < -0.3 is 28.0 Å². The highest BCUT2D eigenvalue weighted by Crippen LogP contribution is 2.14. The second-order valence-electron chi connectivity index (χ2n) is 4.31. The number of quaternary nitrogens is 1. The summed E-state index contributed by atoms with van der Waals surface area (Å²) in [7, 11) is 3.22. The molecule has 104 valence electrons. The lowest BCUT2D eigenvalue weighted by molar-refractivity contribution is -0.913. The topological polar surface area (TPSA) is 166 Å². The molecule has 0 aliphatic carbocycles. The number of hydrogen-bond acceptors (Lipinski definition) is 3. The van der Waals surface area contributed by atoms with Crippen LogP contribution >= 0.6 is 0 Å². The molecule has 0 radical (unpaired) electrons. The Morgan fingerprint density at radius 1 is 1.22 bits per heavy atom. The van der Waals surface area contributed by atoms with Gasteiger partial charge in [-0.25, -0.2) is 4.79 Å². The second kappa shape index (κ2) is 6.64. The fourth-order valence-electron chi connectivity index (χ4n) is 1.57. The van der Waals surface area contributed by atoms with Gasteiger partial charge in [-0.15, -0.1) is 0 Å². The maximum Gasteiger partial charge on any atom is 0.364 e. The van der Waals surface area contributed by atoms with E-state index in [0.29, 0.717) is 19.4 Å². The van der Waals surface area contributed by atoms with Crippen LogP contribution < -0.4 is 22.9 Å². The Morgan fingerprint density at radius 3 is 2.17 bits per heavy atom. The first-order valence-corrected chi connectivity index (χ1v) is 5.40. The summed E-state index contributed by atoms with van der Waals surface area (Å²) < 4.78 is -0.181. The molecule has 0 heterocycles. The molecule has 0 fully saturated rings. The van der Waals surface area contributed by atoms with Crippen molar-refractivity contribution in [3.05, 3.63) is 0 Å². The Bertz CT molecular complexity index is 343. The Balaban J connectivity index is 4.63. The van der Waals surface area contributed by atoms with E-state index in [1.807, 2.05) is 0 Å². The summed E-state index contributed by atoms with van der Waals surface area (Å²) in [6, 6.07) is -0.763. The number of carboxylic acids is 1. The maximum atomic E-state index is 11.2. The number of guanidine groups is 2. The maximum absolute atomic E-state index is 11.2. The number of carbonyl (C=O) groups is 1. The highest BCUT2D eigenvalue weighted by Gasteiger charge is 2.35. The van der Waals surface area contributed by atoms with Gasteiger partial charge >= 0.3 is 5.97 Å². The van der Waals surface area contributed by atoms with Crippen molar-refractivity contribution < 1.29 is 14.5 Å². The second-order valence-corrected chi connectivity index (χ2v) is 4.31. The van der Waals surface area contributed by atoms with Gasteiger partial charge in [-0.2, -0.15) is 4.59 Å². The summed E-state index contributed by atoms with van der Waals surface area (Å²) in [6.45, 7) is 0.369. The minimum atomic E-state index is -0.977. The van der Waals surface area contributed by atoms with Crippen molar-refractivity contribution in [2.45, 2.75) is 18.9 Å². The molecule has 0 rings (SSSR count). The van der Waals surface area contributed by atoms with Gasteiger partial charge in [0.1, 0.15) is 0 Å². The zero-order chi connectivity index (χ0) is 14.3. The zero-order valence-corrected chi connectivity index (χ0v) is 10.7. The van der Waals surface area contributed by atoms with E-state index in [-0.39, 0.29) is 16.5 Å². The van der Waals surface area contributed by atoms with Crippen LogP contribution in [0.4, 0.5) is 0 Å². The number of nitrogens with zero attached hydrogens (tertiary/aromatic N) is 3. The van der Waals surface area contributed by atoms with E-state index in [4.69, 9.17) is 22.9 Å². The molecular weight excluding hydrogens is 238 g/mol. The fraction of sp³-hybridized carbons (Fsp3) is 0.667. The summed E-state index contributed by atoms with van der Waals surface area (Å²) in [6.07, 6.45) is 0.881. The first-order chi connectivity index (χ1) is 8.16. The molecule has 0 amide bonds. The van der Waals surface area contributed by atoms with Gasteiger partial charge in [0, 0.05) is 13.0 Å². The lowest BCUT2D eigenvalue weighted by Crippen LogP contribution is -2.51. The molecule has 0 saturated heterocycles. The van der Waals surface area contributed by atoms with E-state index in [1.165, 1.54) is 0 Å². The number of carboxylic acid groups (broad SMARTS) is 1. The van der Waals surface area contributed by atoms with Crippen LogP contribution in [0.1, 0.15) is 12.8 Å². The Hall–Kier alpha value is -2.03. The van der Waals surface area contributed by atoms with Gasteiger partial charge in [-0.3, -0.25) is 4.99 Å². The third-order valence-electron chi connectivity index (χ3n) is 2.35. The molecule has 0 aromatic heterocycles. The van der Waals surface area contributed by atoms with E-state index in [1.54, 1.807) is 14.1 Å². The summed E-state index contributed by atoms with van der Waals surface area (Å²) in [5.41, 5.74) is 20.9. The first-order valence-electron chi connectivity index (χ1n) is 5.40. The number of hydrogen-bond donors (Lipinski definition) is 5. The summed E-state index contributed by atoms with van der Waals surface area (Å²) in [4.78, 5) is 15.0. The third-order valence-corrected chi connectivity index (χ3v) is 2.35. The third kappa shape index (κ3) is 5.89. The number of aliphatic imine (C=N–C) groups is 1. The van der Waals surface area contributed by atoms with Crippen LogP contribution in [-0.4, -0.2) is 54.3 Å². The molecule has 0 aliphatic rings. The molecular formula is C9H22N7O2+. The van der Waals surface area contributed by atoms with E-state index >= 15 is 0 Å². The predicted octanol–water partition coefficient (Wildman–Crippen LogP) is -2.24. The number of aliphatic carboxylic acids is 1. The molecule has 0 bridgehead atoms. The highest BCUT2D eigenvalue weighted by atomic mass is 16.4. The van der Waals surface area contributed by atoms with Crippen molar-refractivity contribution in [3.8, 4) is 0 Å². The van der Waals surface area contributed by atoms with Crippen molar-refractivity contribution >= 4 is 17.9 Å². The normalized spacial score (nSPS) is 12.6. The van der Waals surface area contributed by atoms with Gasteiger partial charge in [-0.1, -0.05) is 0 Å². The van der Waals surface area contributed by atoms with Gasteiger partial charge in [-0.05, 0) is 11.5 Å². The van der Waals surface area contributed by atoms with E-state index in [0.717, 1.165) is 0 Å². The Labute approximate surface area is 106 Å². The van der Waals surface area contributed by atoms with Gasteiger partial charge in [0.15, 0.2) is 5.96 Å². The van der Waals surface area contributed by atoms with Gasteiger partial charge in [0.2, 0.25) is 12.0 Å². The molecule has 0 spiro atoms. The van der Waals surface area contributed by atoms with Crippen molar-refractivity contribution in [1.82, 2.24) is 0 Å². The highest BCUT2D eigenvalue weighted by molar-refractivity contribution is 5.76. The smallest absolute Gasteiger partial charge is 0.364 e. The summed E-state index contributed by atoms with van der Waals surface area (Å²) >= 11 is 0. The van der Waals surface area contributed by atoms with Crippen LogP contribution in [0.2, 0.25) is 0 Å². The van der Waals surface area contributed by atoms with Gasteiger partial charge in [0.05, 0.1) is 14.1 Å². The number of likely N-dealkylation sites (N-methyl/N-ethyl adjacent to an activating group) is 1. The number of nitrogens with two attached hydrogens (primary N) is 4. The molecule has 0 aliphatic heterocycles. The molecule has 9 nitrogen and oxygen atoms in total. The molecule has 0 saturated carbocycles. The summed E-state index contributed by atoms with van der Waals surface area (Å²) in [5, 5.41) is 13.1. The average molecular weight is 260 g/mol. The molecule has 9 heteroatoms. The van der Waals surface area contributed by atoms with Crippen molar-refractivity contribution in [2.75, 3.05) is 20.6 Å². The van der Waals surface area contributed by atoms with E-state index in [9.17, 15) is 9.90 Å². The van der Waals surface area contributed by atoms with Crippen molar-refractivity contribution in [3.63, 3.8) is 0 Å². The lowest BCUT2D eigenvalue weighted by atomic mass is 10.1. The van der Waals surface area contributed by atoms with Crippen LogP contribution in [0.3, 0.4) is 0 Å². The average Bonchev–Trinajstić information content (AvgIpc) is 2.13. The van der Waals surface area contributed by atoms with Gasteiger partial charge in [0.25, 0.3) is 0 Å². The summed E-state index contributed by atoms with van der Waals surface area (Å²) in [5.74, 6) is -1.15. The minimum Gasteiger partial charge on any atom is -0.477 e. The largest absolute Gasteiger partial charge is 0.477 e. The number of rotatable bonds is 7. The Kier molecular flexibility index (Phi) is 5.89. The van der Waals surface area contributed by atoms with Crippen LogP contribution in [0.5, 0.6) is 0 Å². The van der Waals surface area contributed by atoms with Crippen LogP contribution in [0.15, 0.2) is 10.1 Å². The van der Waals surface area contributed by atoms with Crippen molar-refractivity contribution in [1.29, 1.82) is 0 Å². The van der Waals surface area contributed by atoms with Crippen molar-refractivity contribution in [2.24, 2.45) is 33.0 Å².